The zero-order valence-corrected chi connectivity index (χ0v) is 13.0. The van der Waals surface area contributed by atoms with Gasteiger partial charge in [0.1, 0.15) is 10.9 Å². The minimum atomic E-state index is -3.89. The average molecular weight is 303 g/mol. The highest BCUT2D eigenvalue weighted by molar-refractivity contribution is 7.89. The van der Waals surface area contributed by atoms with E-state index in [-0.39, 0.29) is 11.3 Å². The lowest BCUT2D eigenvalue weighted by Gasteiger charge is -2.14. The van der Waals surface area contributed by atoms with E-state index in [1.807, 2.05) is 6.92 Å². The maximum Gasteiger partial charge on any atom is 0.321 e. The van der Waals surface area contributed by atoms with Gasteiger partial charge in [0.25, 0.3) is 0 Å². The molecule has 2 N–H and O–H groups in total. The average Bonchev–Trinajstić information content (AvgIpc) is 2.63. The number of nitrogens with one attached hydrogen (secondary N) is 1. The second-order valence-electron chi connectivity index (χ2n) is 4.62. The van der Waals surface area contributed by atoms with Gasteiger partial charge >= 0.3 is 5.97 Å². The van der Waals surface area contributed by atoms with Crippen molar-refractivity contribution in [1.29, 1.82) is 0 Å². The molecule has 0 saturated heterocycles. The normalized spacial score (nSPS) is 13.4. The highest BCUT2D eigenvalue weighted by Crippen LogP contribution is 2.20. The molecule has 1 rings (SSSR count). The molecule has 0 aliphatic carbocycles. The summed E-state index contributed by atoms with van der Waals surface area (Å²) < 4.78 is 28.6. The molecular formula is C12H21N3O4S. The van der Waals surface area contributed by atoms with E-state index in [1.54, 1.807) is 25.5 Å². The van der Waals surface area contributed by atoms with Gasteiger partial charge in [0.05, 0.1) is 11.4 Å². The number of hydrogen-bond acceptors (Lipinski definition) is 4. The van der Waals surface area contributed by atoms with Crippen LogP contribution in [0.3, 0.4) is 0 Å². The maximum absolute atomic E-state index is 12.4. The topological polar surface area (TPSA) is 101 Å². The fourth-order valence-electron chi connectivity index (χ4n) is 2.14. The monoisotopic (exact) mass is 303 g/mol. The van der Waals surface area contributed by atoms with Gasteiger partial charge in [-0.05, 0) is 27.2 Å². The molecule has 1 aromatic heterocycles. The number of aromatic nitrogens is 2. The van der Waals surface area contributed by atoms with Crippen molar-refractivity contribution in [1.82, 2.24) is 14.5 Å². The Kier molecular flexibility index (Phi) is 5.29. The van der Waals surface area contributed by atoms with Crippen molar-refractivity contribution in [3.8, 4) is 0 Å². The molecule has 20 heavy (non-hydrogen) atoms. The van der Waals surface area contributed by atoms with Gasteiger partial charge in [0, 0.05) is 6.54 Å². The van der Waals surface area contributed by atoms with Crippen molar-refractivity contribution >= 4 is 16.0 Å². The van der Waals surface area contributed by atoms with Crippen molar-refractivity contribution in [2.75, 3.05) is 0 Å². The highest BCUT2D eigenvalue weighted by atomic mass is 32.2. The van der Waals surface area contributed by atoms with Gasteiger partial charge in [0.15, 0.2) is 0 Å². The summed E-state index contributed by atoms with van der Waals surface area (Å²) in [6.45, 7) is 7.48. The molecule has 1 aromatic rings. The van der Waals surface area contributed by atoms with Crippen LogP contribution in [0, 0.1) is 13.8 Å². The lowest BCUT2D eigenvalue weighted by Crippen LogP contribution is -2.40. The smallest absolute Gasteiger partial charge is 0.321 e. The van der Waals surface area contributed by atoms with Gasteiger partial charge in [0.2, 0.25) is 10.0 Å². The molecule has 0 aromatic carbocycles. The van der Waals surface area contributed by atoms with E-state index in [0.717, 1.165) is 0 Å². The van der Waals surface area contributed by atoms with Crippen LogP contribution in [0.1, 0.15) is 38.1 Å². The first-order valence-electron chi connectivity index (χ1n) is 6.53. The standard InChI is InChI=1S/C12H21N3O4S/c1-5-7-10(12(16)17)14-20(18,19)11-8(3)13-15(6-2)9(11)4/h10,14H,5-7H2,1-4H3,(H,16,17). The van der Waals surface area contributed by atoms with Crippen LogP contribution in [0.15, 0.2) is 4.90 Å². The van der Waals surface area contributed by atoms with Crippen LogP contribution >= 0.6 is 0 Å². The van der Waals surface area contributed by atoms with Crippen LogP contribution in [0.5, 0.6) is 0 Å². The number of carbonyl (C=O) groups is 1. The Labute approximate surface area is 119 Å². The molecule has 0 fully saturated rings. The maximum atomic E-state index is 12.4. The van der Waals surface area contributed by atoms with Gasteiger partial charge in [-0.3, -0.25) is 9.48 Å². The van der Waals surface area contributed by atoms with E-state index in [4.69, 9.17) is 5.11 Å². The summed E-state index contributed by atoms with van der Waals surface area (Å²) in [6.07, 6.45) is 0.820. The lowest BCUT2D eigenvalue weighted by molar-refractivity contribution is -0.139. The molecule has 0 spiro atoms. The molecule has 114 valence electrons. The summed E-state index contributed by atoms with van der Waals surface area (Å²) in [5.74, 6) is -1.17. The molecule has 1 heterocycles. The van der Waals surface area contributed by atoms with Crippen LogP contribution < -0.4 is 4.72 Å². The summed E-state index contributed by atoms with van der Waals surface area (Å²) >= 11 is 0. The Morgan fingerprint density at radius 1 is 1.40 bits per heavy atom. The van der Waals surface area contributed by atoms with Crippen LogP contribution in [0.2, 0.25) is 0 Å². The predicted molar refractivity (Wildman–Crippen MR) is 74.0 cm³/mol. The molecule has 0 aliphatic rings. The largest absolute Gasteiger partial charge is 0.480 e. The molecule has 7 nitrogen and oxygen atoms in total. The quantitative estimate of drug-likeness (QED) is 0.784. The summed E-state index contributed by atoms with van der Waals surface area (Å²) in [5.41, 5.74) is 0.885. The number of carboxylic acid groups (broad SMARTS) is 1. The second-order valence-corrected chi connectivity index (χ2v) is 6.27. The number of rotatable bonds is 7. The van der Waals surface area contributed by atoms with Crippen LogP contribution in [0.25, 0.3) is 0 Å². The van der Waals surface area contributed by atoms with Gasteiger partial charge in [-0.2, -0.15) is 9.82 Å². The van der Waals surface area contributed by atoms with Gasteiger partial charge in [-0.25, -0.2) is 8.42 Å². The molecule has 0 aliphatic heterocycles. The Morgan fingerprint density at radius 3 is 2.40 bits per heavy atom. The SMILES string of the molecule is CCCC(NS(=O)(=O)c1c(C)nn(CC)c1C)C(=O)O. The third kappa shape index (κ3) is 3.37. The van der Waals surface area contributed by atoms with Crippen LogP contribution in [0.4, 0.5) is 0 Å². The summed E-state index contributed by atoms with van der Waals surface area (Å²) in [5, 5.41) is 13.2. The number of nitrogens with zero attached hydrogens (tertiary/aromatic N) is 2. The molecule has 0 radical (unpaired) electrons. The number of aliphatic carboxylic acids is 1. The van der Waals surface area contributed by atoms with Crippen molar-refractivity contribution in [3.05, 3.63) is 11.4 Å². The molecule has 0 saturated carbocycles. The molecule has 1 unspecified atom stereocenters. The van der Waals surface area contributed by atoms with Crippen LogP contribution in [-0.4, -0.2) is 35.3 Å². The lowest BCUT2D eigenvalue weighted by atomic mass is 10.2. The Hall–Kier alpha value is -1.41. The van der Waals surface area contributed by atoms with Crippen molar-refractivity contribution in [2.24, 2.45) is 0 Å². The summed E-state index contributed by atoms with van der Waals surface area (Å²) in [6, 6.07) is -1.12. The molecular weight excluding hydrogens is 282 g/mol. The predicted octanol–water partition coefficient (Wildman–Crippen LogP) is 1.05. The molecule has 8 heteroatoms. The number of sulfonamides is 1. The van der Waals surface area contributed by atoms with E-state index in [9.17, 15) is 13.2 Å². The first-order valence-corrected chi connectivity index (χ1v) is 8.02. The third-order valence-corrected chi connectivity index (χ3v) is 4.78. The summed E-state index contributed by atoms with van der Waals surface area (Å²) in [7, 11) is -3.89. The minimum Gasteiger partial charge on any atom is -0.480 e. The van der Waals surface area contributed by atoms with E-state index < -0.39 is 22.0 Å². The first kappa shape index (κ1) is 16.6. The zero-order chi connectivity index (χ0) is 15.5. The van der Waals surface area contributed by atoms with E-state index in [2.05, 4.69) is 9.82 Å². The minimum absolute atomic E-state index is 0.0710. The third-order valence-electron chi connectivity index (χ3n) is 3.06. The molecule has 0 bridgehead atoms. The Bertz CT molecular complexity index is 592. The highest BCUT2D eigenvalue weighted by Gasteiger charge is 2.29. The fraction of sp³-hybridized carbons (Fsp3) is 0.667. The van der Waals surface area contributed by atoms with Crippen molar-refractivity contribution < 1.29 is 18.3 Å². The van der Waals surface area contributed by atoms with Gasteiger partial charge in [-0.15, -0.1) is 0 Å². The summed E-state index contributed by atoms with van der Waals surface area (Å²) in [4.78, 5) is 11.2. The van der Waals surface area contributed by atoms with E-state index in [1.165, 1.54) is 0 Å². The van der Waals surface area contributed by atoms with E-state index in [0.29, 0.717) is 24.4 Å². The van der Waals surface area contributed by atoms with Crippen LogP contribution in [-0.2, 0) is 21.4 Å². The van der Waals surface area contributed by atoms with Crippen molar-refractivity contribution in [2.45, 2.75) is 58.0 Å². The number of aryl methyl sites for hydroxylation is 2. The number of carboxylic acids is 1. The molecule has 0 amide bonds. The fourth-order valence-corrected chi connectivity index (χ4v) is 3.78. The molecule has 1 atom stereocenters. The second kappa shape index (κ2) is 6.36. The Morgan fingerprint density at radius 2 is 2.00 bits per heavy atom. The van der Waals surface area contributed by atoms with Crippen molar-refractivity contribution in [3.63, 3.8) is 0 Å². The Balaban J connectivity index is 3.17. The van der Waals surface area contributed by atoms with E-state index >= 15 is 0 Å². The zero-order valence-electron chi connectivity index (χ0n) is 12.2. The van der Waals surface area contributed by atoms with Gasteiger partial charge < -0.3 is 5.11 Å². The van der Waals surface area contributed by atoms with Gasteiger partial charge in [-0.1, -0.05) is 13.3 Å². The number of hydrogen-bond donors (Lipinski definition) is 2. The first-order chi connectivity index (χ1) is 9.24.